The minimum Gasteiger partial charge on any atom is -0.494 e. The fourth-order valence-electron chi connectivity index (χ4n) is 2.90. The average molecular weight is 336 g/mol. The summed E-state index contributed by atoms with van der Waals surface area (Å²) in [6, 6.07) is 8.30. The van der Waals surface area contributed by atoms with Gasteiger partial charge in [-0.25, -0.2) is 0 Å². The van der Waals surface area contributed by atoms with E-state index in [4.69, 9.17) is 9.47 Å². The lowest BCUT2D eigenvalue weighted by Crippen LogP contribution is -2.49. The van der Waals surface area contributed by atoms with Crippen molar-refractivity contribution in [1.82, 2.24) is 4.90 Å². The topological polar surface area (TPSA) is 45.2 Å². The van der Waals surface area contributed by atoms with E-state index in [1.54, 1.807) is 0 Å². The van der Waals surface area contributed by atoms with Gasteiger partial charge in [-0.05, 0) is 37.1 Å². The minimum absolute atomic E-state index is 0.402. The lowest BCUT2D eigenvalue weighted by Gasteiger charge is -2.37. The molecule has 1 aromatic carbocycles. The summed E-state index contributed by atoms with van der Waals surface area (Å²) in [5, 5.41) is 10.1. The Morgan fingerprint density at radius 1 is 1.04 bits per heavy atom. The molecule has 0 radical (unpaired) electrons. The highest BCUT2D eigenvalue weighted by Gasteiger charge is 2.19. The van der Waals surface area contributed by atoms with Gasteiger partial charge in [-0.15, -0.1) is 0 Å². The summed E-state index contributed by atoms with van der Waals surface area (Å²) in [7, 11) is 0. The first-order valence-corrected chi connectivity index (χ1v) is 9.04. The Morgan fingerprint density at radius 2 is 1.71 bits per heavy atom. The second kappa shape index (κ2) is 9.87. The van der Waals surface area contributed by atoms with Gasteiger partial charge in [-0.1, -0.05) is 13.8 Å². The molecule has 0 bridgehead atoms. The van der Waals surface area contributed by atoms with Gasteiger partial charge in [0.05, 0.1) is 19.3 Å². The van der Waals surface area contributed by atoms with E-state index >= 15 is 0 Å². The summed E-state index contributed by atoms with van der Waals surface area (Å²) in [5.74, 6) is 1.43. The van der Waals surface area contributed by atoms with Crippen LogP contribution in [-0.2, 0) is 4.74 Å². The Hall–Kier alpha value is -1.30. The van der Waals surface area contributed by atoms with Crippen molar-refractivity contribution >= 4 is 5.69 Å². The summed E-state index contributed by atoms with van der Waals surface area (Å²) in [4.78, 5) is 4.70. The van der Waals surface area contributed by atoms with Gasteiger partial charge in [0.2, 0.25) is 0 Å². The Labute approximate surface area is 146 Å². The number of hydrogen-bond donors (Lipinski definition) is 1. The van der Waals surface area contributed by atoms with Gasteiger partial charge >= 0.3 is 0 Å². The van der Waals surface area contributed by atoms with Crippen LogP contribution in [0.15, 0.2) is 24.3 Å². The smallest absolute Gasteiger partial charge is 0.119 e. The third kappa shape index (κ3) is 6.30. The number of aliphatic hydroxyl groups excluding tert-OH is 1. The molecular formula is C19H32N2O3. The van der Waals surface area contributed by atoms with E-state index in [1.807, 2.05) is 19.1 Å². The molecule has 1 atom stereocenters. The number of anilines is 1. The van der Waals surface area contributed by atoms with E-state index in [-0.39, 0.29) is 0 Å². The molecule has 0 aliphatic carbocycles. The molecule has 136 valence electrons. The van der Waals surface area contributed by atoms with Crippen molar-refractivity contribution in [2.75, 3.05) is 57.4 Å². The van der Waals surface area contributed by atoms with Crippen molar-refractivity contribution in [2.45, 2.75) is 26.9 Å². The summed E-state index contributed by atoms with van der Waals surface area (Å²) in [6.45, 7) is 12.6. The Kier molecular flexibility index (Phi) is 7.82. The van der Waals surface area contributed by atoms with Gasteiger partial charge in [0, 0.05) is 45.0 Å². The second-order valence-corrected chi connectivity index (χ2v) is 6.80. The predicted octanol–water partition coefficient (Wildman–Crippen LogP) is 2.24. The number of nitrogens with zero attached hydrogens (tertiary/aromatic N) is 2. The molecule has 1 heterocycles. The number of β-amino-alcohol motifs (C(OH)–C–C–N with tert-alkyl or cyclic N) is 1. The monoisotopic (exact) mass is 336 g/mol. The molecule has 5 nitrogen and oxygen atoms in total. The molecule has 0 amide bonds. The fraction of sp³-hybridized carbons (Fsp3) is 0.684. The molecule has 5 heteroatoms. The Bertz CT molecular complexity index is 456. The molecule has 1 aliphatic heterocycles. The third-order valence-corrected chi connectivity index (χ3v) is 4.12. The van der Waals surface area contributed by atoms with Crippen molar-refractivity contribution in [3.05, 3.63) is 24.3 Å². The lowest BCUT2D eigenvalue weighted by atomic mass is 10.2. The van der Waals surface area contributed by atoms with Crippen molar-refractivity contribution in [3.63, 3.8) is 0 Å². The van der Waals surface area contributed by atoms with Gasteiger partial charge in [0.15, 0.2) is 0 Å². The first kappa shape index (κ1) is 19.0. The predicted molar refractivity (Wildman–Crippen MR) is 97.9 cm³/mol. The number of rotatable bonds is 9. The first-order chi connectivity index (χ1) is 11.6. The standard InChI is InChI=1S/C19H32N2O3/c1-4-24-19-7-5-17(6-8-19)21-11-9-20(10-12-21)13-18(22)15-23-14-16(2)3/h5-8,16,18,22H,4,9-15H2,1-3H3. The zero-order valence-corrected chi connectivity index (χ0v) is 15.3. The molecule has 2 rings (SSSR count). The maximum absolute atomic E-state index is 10.1. The van der Waals surface area contributed by atoms with E-state index < -0.39 is 6.10 Å². The summed E-state index contributed by atoms with van der Waals surface area (Å²) < 4.78 is 11.0. The molecule has 0 spiro atoms. The van der Waals surface area contributed by atoms with Crippen LogP contribution in [0.25, 0.3) is 0 Å². The van der Waals surface area contributed by atoms with Gasteiger partial charge < -0.3 is 19.5 Å². The second-order valence-electron chi connectivity index (χ2n) is 6.80. The highest BCUT2D eigenvalue weighted by atomic mass is 16.5. The molecule has 1 unspecified atom stereocenters. The van der Waals surface area contributed by atoms with Crippen LogP contribution in [0, 0.1) is 5.92 Å². The highest BCUT2D eigenvalue weighted by Crippen LogP contribution is 2.20. The summed E-state index contributed by atoms with van der Waals surface area (Å²) >= 11 is 0. The Morgan fingerprint density at radius 3 is 2.29 bits per heavy atom. The molecule has 1 fully saturated rings. The number of piperazine rings is 1. The molecule has 0 saturated carbocycles. The maximum atomic E-state index is 10.1. The van der Waals surface area contributed by atoms with Gasteiger partial charge in [0.25, 0.3) is 0 Å². The number of ether oxygens (including phenoxy) is 2. The van der Waals surface area contributed by atoms with Gasteiger partial charge in [-0.3, -0.25) is 4.90 Å². The van der Waals surface area contributed by atoms with Crippen LogP contribution < -0.4 is 9.64 Å². The minimum atomic E-state index is -0.402. The maximum Gasteiger partial charge on any atom is 0.119 e. The van der Waals surface area contributed by atoms with Crippen LogP contribution in [0.3, 0.4) is 0 Å². The van der Waals surface area contributed by atoms with Gasteiger partial charge in [-0.2, -0.15) is 0 Å². The zero-order chi connectivity index (χ0) is 17.4. The van der Waals surface area contributed by atoms with Crippen molar-refractivity contribution in [2.24, 2.45) is 5.92 Å². The van der Waals surface area contributed by atoms with Crippen molar-refractivity contribution in [3.8, 4) is 5.75 Å². The summed E-state index contributed by atoms with van der Waals surface area (Å²) in [6.07, 6.45) is -0.402. The average Bonchev–Trinajstić information content (AvgIpc) is 2.56. The zero-order valence-electron chi connectivity index (χ0n) is 15.3. The molecule has 1 saturated heterocycles. The normalized spacial score (nSPS) is 17.3. The van der Waals surface area contributed by atoms with Crippen molar-refractivity contribution in [1.29, 1.82) is 0 Å². The van der Waals surface area contributed by atoms with Crippen LogP contribution in [-0.4, -0.2) is 68.7 Å². The largest absolute Gasteiger partial charge is 0.494 e. The number of hydrogen-bond acceptors (Lipinski definition) is 5. The van der Waals surface area contributed by atoms with E-state index in [1.165, 1.54) is 5.69 Å². The van der Waals surface area contributed by atoms with Gasteiger partial charge in [0.1, 0.15) is 5.75 Å². The molecular weight excluding hydrogens is 304 g/mol. The van der Waals surface area contributed by atoms with E-state index in [9.17, 15) is 5.11 Å². The number of benzene rings is 1. The SMILES string of the molecule is CCOc1ccc(N2CCN(CC(O)COCC(C)C)CC2)cc1. The molecule has 1 N–H and O–H groups in total. The lowest BCUT2D eigenvalue weighted by molar-refractivity contribution is 0.00747. The molecule has 1 aromatic rings. The van der Waals surface area contributed by atoms with Crippen molar-refractivity contribution < 1.29 is 14.6 Å². The molecule has 1 aliphatic rings. The van der Waals surface area contributed by atoms with Crippen LogP contribution in [0.4, 0.5) is 5.69 Å². The quantitative estimate of drug-likeness (QED) is 0.749. The van der Waals surface area contributed by atoms with Crippen LogP contribution in [0.2, 0.25) is 0 Å². The third-order valence-electron chi connectivity index (χ3n) is 4.12. The molecule has 24 heavy (non-hydrogen) atoms. The summed E-state index contributed by atoms with van der Waals surface area (Å²) in [5.41, 5.74) is 1.24. The van der Waals surface area contributed by atoms with Crippen LogP contribution >= 0.6 is 0 Å². The number of aliphatic hydroxyl groups is 1. The molecule has 0 aromatic heterocycles. The van der Waals surface area contributed by atoms with E-state index in [2.05, 4.69) is 35.8 Å². The van der Waals surface area contributed by atoms with Crippen LogP contribution in [0.5, 0.6) is 5.75 Å². The Balaban J connectivity index is 1.70. The highest BCUT2D eigenvalue weighted by molar-refractivity contribution is 5.49. The van der Waals surface area contributed by atoms with E-state index in [0.717, 1.165) is 31.9 Å². The van der Waals surface area contributed by atoms with E-state index in [0.29, 0.717) is 32.3 Å². The first-order valence-electron chi connectivity index (χ1n) is 9.04. The fourth-order valence-corrected chi connectivity index (χ4v) is 2.90. The van der Waals surface area contributed by atoms with Crippen LogP contribution in [0.1, 0.15) is 20.8 Å².